The molecule has 1 aromatic heterocycles. The number of amides is 1. The zero-order chi connectivity index (χ0) is 18.0. The first-order chi connectivity index (χ1) is 11.9. The molecule has 3 aromatic rings. The Hall–Kier alpha value is -2.66. The normalized spacial score (nSPS) is 12.1. The van der Waals surface area contributed by atoms with Crippen LogP contribution in [0.4, 0.5) is 4.39 Å². The van der Waals surface area contributed by atoms with Gasteiger partial charge in [-0.25, -0.2) is 4.39 Å². The summed E-state index contributed by atoms with van der Waals surface area (Å²) in [5.41, 5.74) is 1.17. The SMILES string of the molecule is C[C@H](NC(=O)Cn1ccc(=O)c2cc(F)ccc21)c1ccc(Cl)cc1. The fourth-order valence-electron chi connectivity index (χ4n) is 2.70. The highest BCUT2D eigenvalue weighted by Gasteiger charge is 2.12. The molecule has 0 unspecified atom stereocenters. The van der Waals surface area contributed by atoms with Gasteiger partial charge < -0.3 is 9.88 Å². The number of carbonyl (C=O) groups excluding carboxylic acids is 1. The van der Waals surface area contributed by atoms with E-state index in [1.165, 1.54) is 30.5 Å². The lowest BCUT2D eigenvalue weighted by molar-refractivity contribution is -0.122. The van der Waals surface area contributed by atoms with E-state index in [1.54, 1.807) is 16.7 Å². The summed E-state index contributed by atoms with van der Waals surface area (Å²) in [6, 6.07) is 12.3. The van der Waals surface area contributed by atoms with Crippen molar-refractivity contribution in [2.24, 2.45) is 0 Å². The molecule has 0 radical (unpaired) electrons. The minimum atomic E-state index is -0.483. The predicted octanol–water partition coefficient (Wildman–Crippen LogP) is 3.67. The monoisotopic (exact) mass is 358 g/mol. The van der Waals surface area contributed by atoms with Crippen molar-refractivity contribution < 1.29 is 9.18 Å². The molecule has 1 atom stereocenters. The molecule has 2 aromatic carbocycles. The highest BCUT2D eigenvalue weighted by molar-refractivity contribution is 6.30. The highest BCUT2D eigenvalue weighted by atomic mass is 35.5. The average Bonchev–Trinajstić information content (AvgIpc) is 2.58. The van der Waals surface area contributed by atoms with Crippen LogP contribution >= 0.6 is 11.6 Å². The maximum Gasteiger partial charge on any atom is 0.240 e. The second kappa shape index (κ2) is 7.07. The minimum absolute atomic E-state index is 0.0281. The van der Waals surface area contributed by atoms with Crippen molar-refractivity contribution in [3.8, 4) is 0 Å². The van der Waals surface area contributed by atoms with Gasteiger partial charge in [-0.1, -0.05) is 23.7 Å². The van der Waals surface area contributed by atoms with Crippen LogP contribution in [0.3, 0.4) is 0 Å². The van der Waals surface area contributed by atoms with Gasteiger partial charge in [0.25, 0.3) is 0 Å². The van der Waals surface area contributed by atoms with Gasteiger partial charge in [0.2, 0.25) is 5.91 Å². The molecule has 0 bridgehead atoms. The molecule has 1 heterocycles. The Balaban J connectivity index is 1.79. The van der Waals surface area contributed by atoms with Crippen LogP contribution in [-0.4, -0.2) is 10.5 Å². The number of pyridine rings is 1. The van der Waals surface area contributed by atoms with E-state index in [1.807, 2.05) is 19.1 Å². The van der Waals surface area contributed by atoms with Crippen LogP contribution < -0.4 is 10.7 Å². The lowest BCUT2D eigenvalue weighted by atomic mass is 10.1. The predicted molar refractivity (Wildman–Crippen MR) is 96.2 cm³/mol. The quantitative estimate of drug-likeness (QED) is 0.773. The lowest BCUT2D eigenvalue weighted by Crippen LogP contribution is -2.30. The molecule has 0 aliphatic rings. The Morgan fingerprint density at radius 3 is 2.64 bits per heavy atom. The maximum absolute atomic E-state index is 13.4. The van der Waals surface area contributed by atoms with Gasteiger partial charge in [-0.3, -0.25) is 9.59 Å². The summed E-state index contributed by atoms with van der Waals surface area (Å²) in [7, 11) is 0. The van der Waals surface area contributed by atoms with Gasteiger partial charge in [-0.15, -0.1) is 0 Å². The third-order valence-corrected chi connectivity index (χ3v) is 4.25. The molecule has 25 heavy (non-hydrogen) atoms. The molecule has 0 fully saturated rings. The largest absolute Gasteiger partial charge is 0.348 e. The molecular weight excluding hydrogens is 343 g/mol. The number of nitrogens with one attached hydrogen (secondary N) is 1. The number of benzene rings is 2. The number of carbonyl (C=O) groups is 1. The molecule has 0 aliphatic heterocycles. The summed E-state index contributed by atoms with van der Waals surface area (Å²) in [6.07, 6.45) is 1.54. The summed E-state index contributed by atoms with van der Waals surface area (Å²) >= 11 is 5.87. The van der Waals surface area contributed by atoms with E-state index >= 15 is 0 Å². The molecule has 0 saturated heterocycles. The summed E-state index contributed by atoms with van der Waals surface area (Å²) in [5, 5.41) is 3.78. The molecule has 128 valence electrons. The standard InChI is InChI=1S/C19H16ClFN2O2/c1-12(13-2-4-14(20)5-3-13)22-19(25)11-23-9-8-18(24)16-10-15(21)6-7-17(16)23/h2-10,12H,11H2,1H3,(H,22,25)/t12-/m0/s1. The van der Waals surface area contributed by atoms with Crippen molar-refractivity contribution in [3.05, 3.63) is 81.4 Å². The molecule has 6 heteroatoms. The smallest absolute Gasteiger partial charge is 0.240 e. The van der Waals surface area contributed by atoms with Crippen LogP contribution in [0.1, 0.15) is 18.5 Å². The maximum atomic E-state index is 13.4. The third-order valence-electron chi connectivity index (χ3n) is 4.00. The van der Waals surface area contributed by atoms with Crippen LogP contribution in [0.25, 0.3) is 10.9 Å². The first-order valence-corrected chi connectivity index (χ1v) is 8.15. The zero-order valence-corrected chi connectivity index (χ0v) is 14.3. The zero-order valence-electron chi connectivity index (χ0n) is 13.5. The molecule has 0 aliphatic carbocycles. The van der Waals surface area contributed by atoms with Gasteiger partial charge in [-0.05, 0) is 42.8 Å². The van der Waals surface area contributed by atoms with Gasteiger partial charge in [0.05, 0.1) is 11.6 Å². The number of fused-ring (bicyclic) bond motifs is 1. The number of hydrogen-bond donors (Lipinski definition) is 1. The second-order valence-corrected chi connectivity index (χ2v) is 6.25. The lowest BCUT2D eigenvalue weighted by Gasteiger charge is -2.16. The Kier molecular flexibility index (Phi) is 4.86. The van der Waals surface area contributed by atoms with E-state index in [2.05, 4.69) is 5.32 Å². The number of rotatable bonds is 4. The Bertz CT molecular complexity index is 983. The molecule has 0 spiro atoms. The summed E-state index contributed by atoms with van der Waals surface area (Å²) in [4.78, 5) is 24.2. The first kappa shape index (κ1) is 17.2. The van der Waals surface area contributed by atoms with E-state index in [9.17, 15) is 14.0 Å². The molecule has 3 rings (SSSR count). The van der Waals surface area contributed by atoms with Gasteiger partial charge in [0.15, 0.2) is 5.43 Å². The van der Waals surface area contributed by atoms with Crippen LogP contribution in [0.5, 0.6) is 0 Å². The Morgan fingerprint density at radius 2 is 1.92 bits per heavy atom. The van der Waals surface area contributed by atoms with Crippen molar-refractivity contribution in [1.82, 2.24) is 9.88 Å². The highest BCUT2D eigenvalue weighted by Crippen LogP contribution is 2.16. The number of aromatic nitrogens is 1. The number of halogens is 2. The van der Waals surface area contributed by atoms with E-state index in [-0.39, 0.29) is 29.3 Å². The topological polar surface area (TPSA) is 51.1 Å². The second-order valence-electron chi connectivity index (χ2n) is 5.81. The van der Waals surface area contributed by atoms with E-state index in [4.69, 9.17) is 11.6 Å². The summed E-state index contributed by atoms with van der Waals surface area (Å²) < 4.78 is 15.0. The van der Waals surface area contributed by atoms with Crippen LogP contribution in [-0.2, 0) is 11.3 Å². The van der Waals surface area contributed by atoms with Crippen LogP contribution in [0, 0.1) is 5.82 Å². The first-order valence-electron chi connectivity index (χ1n) is 7.77. The minimum Gasteiger partial charge on any atom is -0.348 e. The van der Waals surface area contributed by atoms with Gasteiger partial charge in [-0.2, -0.15) is 0 Å². The van der Waals surface area contributed by atoms with Crippen molar-refractivity contribution in [1.29, 1.82) is 0 Å². The van der Waals surface area contributed by atoms with Crippen molar-refractivity contribution in [3.63, 3.8) is 0 Å². The fourth-order valence-corrected chi connectivity index (χ4v) is 2.82. The van der Waals surface area contributed by atoms with Crippen LogP contribution in [0.2, 0.25) is 5.02 Å². The number of hydrogen-bond acceptors (Lipinski definition) is 2. The van der Waals surface area contributed by atoms with E-state index in [0.717, 1.165) is 5.56 Å². The average molecular weight is 359 g/mol. The van der Waals surface area contributed by atoms with Crippen LogP contribution in [0.15, 0.2) is 59.5 Å². The summed E-state index contributed by atoms with van der Waals surface area (Å²) in [5.74, 6) is -0.695. The Morgan fingerprint density at radius 1 is 1.20 bits per heavy atom. The van der Waals surface area contributed by atoms with E-state index in [0.29, 0.717) is 10.5 Å². The van der Waals surface area contributed by atoms with Crippen molar-refractivity contribution in [2.45, 2.75) is 19.5 Å². The Labute approximate surface area is 148 Å². The molecule has 1 N–H and O–H groups in total. The third kappa shape index (κ3) is 3.88. The summed E-state index contributed by atoms with van der Waals surface area (Å²) in [6.45, 7) is 1.90. The molecule has 1 amide bonds. The van der Waals surface area contributed by atoms with Gasteiger partial charge in [0, 0.05) is 22.7 Å². The number of nitrogens with zero attached hydrogens (tertiary/aromatic N) is 1. The van der Waals surface area contributed by atoms with Gasteiger partial charge in [0.1, 0.15) is 12.4 Å². The fraction of sp³-hybridized carbons (Fsp3) is 0.158. The van der Waals surface area contributed by atoms with Gasteiger partial charge >= 0.3 is 0 Å². The molecule has 0 saturated carbocycles. The molecular formula is C19H16ClFN2O2. The molecule has 4 nitrogen and oxygen atoms in total. The van der Waals surface area contributed by atoms with E-state index < -0.39 is 5.82 Å². The van der Waals surface area contributed by atoms with Crippen molar-refractivity contribution >= 4 is 28.4 Å². The van der Waals surface area contributed by atoms with Crippen molar-refractivity contribution in [2.75, 3.05) is 0 Å².